The van der Waals surface area contributed by atoms with E-state index in [-0.39, 0.29) is 11.7 Å². The third kappa shape index (κ3) is 3.14. The summed E-state index contributed by atoms with van der Waals surface area (Å²) in [5.41, 5.74) is 0.481. The van der Waals surface area contributed by atoms with Crippen molar-refractivity contribution in [2.24, 2.45) is 0 Å². The van der Waals surface area contributed by atoms with Gasteiger partial charge in [0.15, 0.2) is 0 Å². The molecule has 0 atom stereocenters. The minimum absolute atomic E-state index is 0.0286. The first-order chi connectivity index (χ1) is 8.07. The average Bonchev–Trinajstić information content (AvgIpc) is 2.29. The van der Waals surface area contributed by atoms with E-state index in [2.05, 4.69) is 4.98 Å². The zero-order chi connectivity index (χ0) is 12.8. The Bertz CT molecular complexity index is 439. The number of hydrogen-bond acceptors (Lipinski definition) is 5. The lowest BCUT2D eigenvalue weighted by atomic mass is 10.2. The van der Waals surface area contributed by atoms with E-state index in [0.29, 0.717) is 18.7 Å². The van der Waals surface area contributed by atoms with Gasteiger partial charge in [-0.2, -0.15) is 5.26 Å². The largest absolute Gasteiger partial charge is 0.362 e. The summed E-state index contributed by atoms with van der Waals surface area (Å²) in [6, 6.07) is 3.74. The van der Waals surface area contributed by atoms with E-state index in [0.717, 1.165) is 0 Å². The molecule has 0 aliphatic rings. The van der Waals surface area contributed by atoms with Crippen molar-refractivity contribution >= 4 is 11.4 Å². The van der Waals surface area contributed by atoms with E-state index in [1.807, 2.05) is 24.8 Å². The van der Waals surface area contributed by atoms with E-state index in [1.54, 1.807) is 6.07 Å². The Balaban J connectivity index is 3.10. The zero-order valence-corrected chi connectivity index (χ0v) is 9.83. The molecule has 0 saturated heterocycles. The predicted octanol–water partition coefficient (Wildman–Crippen LogP) is 2.12. The van der Waals surface area contributed by atoms with Gasteiger partial charge in [0.05, 0.1) is 17.4 Å². The monoisotopic (exact) mass is 234 g/mol. The second-order valence-electron chi connectivity index (χ2n) is 3.82. The maximum absolute atomic E-state index is 10.9. The van der Waals surface area contributed by atoms with Crippen molar-refractivity contribution in [2.75, 3.05) is 11.4 Å². The highest BCUT2D eigenvalue weighted by Crippen LogP contribution is 2.28. The zero-order valence-electron chi connectivity index (χ0n) is 9.83. The van der Waals surface area contributed by atoms with Crippen LogP contribution in [0.1, 0.15) is 20.3 Å². The molecule has 17 heavy (non-hydrogen) atoms. The molecule has 0 N–H and O–H groups in total. The molecule has 0 spiro atoms. The van der Waals surface area contributed by atoms with Gasteiger partial charge in [0, 0.05) is 18.8 Å². The molecular formula is C11H14N4O2. The Labute approximate surface area is 99.6 Å². The van der Waals surface area contributed by atoms with Crippen molar-refractivity contribution in [1.29, 1.82) is 5.26 Å². The van der Waals surface area contributed by atoms with Crippen LogP contribution in [0.25, 0.3) is 0 Å². The summed E-state index contributed by atoms with van der Waals surface area (Å²) in [4.78, 5) is 16.0. The fourth-order valence-electron chi connectivity index (χ4n) is 1.59. The molecule has 0 aromatic carbocycles. The first kappa shape index (κ1) is 12.9. The second-order valence-corrected chi connectivity index (χ2v) is 3.82. The SMILES string of the molecule is CC(C)N(CCC#N)c1ccncc1[N+](=O)[O-]. The molecule has 6 nitrogen and oxygen atoms in total. The summed E-state index contributed by atoms with van der Waals surface area (Å²) >= 11 is 0. The predicted molar refractivity (Wildman–Crippen MR) is 63.6 cm³/mol. The van der Waals surface area contributed by atoms with E-state index in [9.17, 15) is 10.1 Å². The third-order valence-electron chi connectivity index (χ3n) is 2.37. The molecule has 90 valence electrons. The lowest BCUT2D eigenvalue weighted by molar-refractivity contribution is -0.384. The number of nitro groups is 1. The second kappa shape index (κ2) is 5.80. The van der Waals surface area contributed by atoms with Crippen molar-refractivity contribution in [3.05, 3.63) is 28.6 Å². The van der Waals surface area contributed by atoms with Gasteiger partial charge >= 0.3 is 5.69 Å². The van der Waals surface area contributed by atoms with Crippen LogP contribution < -0.4 is 4.90 Å². The van der Waals surface area contributed by atoms with Crippen LogP contribution >= 0.6 is 0 Å². The Kier molecular flexibility index (Phi) is 4.40. The topological polar surface area (TPSA) is 83.1 Å². The summed E-state index contributed by atoms with van der Waals surface area (Å²) in [7, 11) is 0. The normalized spacial score (nSPS) is 10.0. The van der Waals surface area contributed by atoms with Crippen LogP contribution in [0.4, 0.5) is 11.4 Å². The van der Waals surface area contributed by atoms with Crippen LogP contribution in [0.2, 0.25) is 0 Å². The summed E-state index contributed by atoms with van der Waals surface area (Å²) in [6.07, 6.45) is 3.08. The number of nitrogens with zero attached hydrogens (tertiary/aromatic N) is 4. The van der Waals surface area contributed by atoms with Gasteiger partial charge in [0.1, 0.15) is 11.9 Å². The number of aromatic nitrogens is 1. The average molecular weight is 234 g/mol. The highest BCUT2D eigenvalue weighted by molar-refractivity contribution is 5.62. The van der Waals surface area contributed by atoms with Crippen molar-refractivity contribution in [3.63, 3.8) is 0 Å². The van der Waals surface area contributed by atoms with Crippen LogP contribution in [-0.2, 0) is 0 Å². The third-order valence-corrected chi connectivity index (χ3v) is 2.37. The molecule has 0 bridgehead atoms. The van der Waals surface area contributed by atoms with Gasteiger partial charge in [-0.3, -0.25) is 15.1 Å². The lowest BCUT2D eigenvalue weighted by Crippen LogP contribution is -2.32. The van der Waals surface area contributed by atoms with Crippen molar-refractivity contribution in [2.45, 2.75) is 26.3 Å². The first-order valence-electron chi connectivity index (χ1n) is 5.30. The molecule has 1 aromatic heterocycles. The van der Waals surface area contributed by atoms with Crippen LogP contribution in [0.15, 0.2) is 18.5 Å². The summed E-state index contributed by atoms with van der Waals surface area (Å²) in [5.74, 6) is 0. The Hall–Kier alpha value is -2.16. The fraction of sp³-hybridized carbons (Fsp3) is 0.455. The standard InChI is InChI=1S/C11H14N4O2/c1-9(2)14(7-3-5-12)10-4-6-13-8-11(10)15(16)17/h4,6,8-9H,3,7H2,1-2H3. The minimum Gasteiger partial charge on any atom is -0.362 e. The van der Waals surface area contributed by atoms with E-state index in [1.165, 1.54) is 12.4 Å². The van der Waals surface area contributed by atoms with Gasteiger partial charge in [-0.25, -0.2) is 0 Å². The quantitative estimate of drug-likeness (QED) is 0.575. The van der Waals surface area contributed by atoms with Gasteiger partial charge in [-0.1, -0.05) is 0 Å². The molecule has 0 fully saturated rings. The number of nitriles is 1. The number of anilines is 1. The smallest absolute Gasteiger partial charge is 0.310 e. The van der Waals surface area contributed by atoms with Crippen molar-refractivity contribution in [3.8, 4) is 6.07 Å². The summed E-state index contributed by atoms with van der Waals surface area (Å²) in [5, 5.41) is 19.5. The van der Waals surface area contributed by atoms with Crippen LogP contribution in [0.3, 0.4) is 0 Å². The highest BCUT2D eigenvalue weighted by atomic mass is 16.6. The van der Waals surface area contributed by atoms with E-state index < -0.39 is 4.92 Å². The van der Waals surface area contributed by atoms with Crippen LogP contribution in [-0.4, -0.2) is 22.5 Å². The number of rotatable bonds is 5. The van der Waals surface area contributed by atoms with Crippen LogP contribution in [0, 0.1) is 21.4 Å². The molecule has 6 heteroatoms. The molecule has 0 unspecified atom stereocenters. The molecule has 0 aliphatic carbocycles. The molecule has 0 saturated carbocycles. The number of pyridine rings is 1. The van der Waals surface area contributed by atoms with Crippen molar-refractivity contribution < 1.29 is 4.92 Å². The Morgan fingerprint density at radius 1 is 1.65 bits per heavy atom. The lowest BCUT2D eigenvalue weighted by Gasteiger charge is -2.27. The fourth-order valence-corrected chi connectivity index (χ4v) is 1.59. The molecule has 0 aliphatic heterocycles. The molecule has 1 rings (SSSR count). The highest BCUT2D eigenvalue weighted by Gasteiger charge is 2.20. The molecule has 0 amide bonds. The molecular weight excluding hydrogens is 220 g/mol. The maximum Gasteiger partial charge on any atom is 0.310 e. The Morgan fingerprint density at radius 3 is 2.88 bits per heavy atom. The summed E-state index contributed by atoms with van der Waals surface area (Å²) in [6.45, 7) is 4.34. The molecule has 1 heterocycles. The first-order valence-corrected chi connectivity index (χ1v) is 5.30. The molecule has 1 aromatic rings. The van der Waals surface area contributed by atoms with E-state index in [4.69, 9.17) is 5.26 Å². The minimum atomic E-state index is -0.454. The van der Waals surface area contributed by atoms with Gasteiger partial charge < -0.3 is 4.90 Å². The van der Waals surface area contributed by atoms with Crippen LogP contribution in [0.5, 0.6) is 0 Å². The van der Waals surface area contributed by atoms with Crippen molar-refractivity contribution in [1.82, 2.24) is 4.98 Å². The van der Waals surface area contributed by atoms with Gasteiger partial charge in [0.2, 0.25) is 0 Å². The van der Waals surface area contributed by atoms with Gasteiger partial charge in [-0.15, -0.1) is 0 Å². The van der Waals surface area contributed by atoms with Gasteiger partial charge in [-0.05, 0) is 19.9 Å². The summed E-state index contributed by atoms with van der Waals surface area (Å²) < 4.78 is 0. The Morgan fingerprint density at radius 2 is 2.35 bits per heavy atom. The maximum atomic E-state index is 10.9. The van der Waals surface area contributed by atoms with Gasteiger partial charge in [0.25, 0.3) is 0 Å². The number of hydrogen-bond donors (Lipinski definition) is 0. The van der Waals surface area contributed by atoms with E-state index >= 15 is 0 Å². The molecule has 0 radical (unpaired) electrons.